The summed E-state index contributed by atoms with van der Waals surface area (Å²) in [4.78, 5) is 0. The van der Waals surface area contributed by atoms with Crippen molar-refractivity contribution in [3.63, 3.8) is 0 Å². The van der Waals surface area contributed by atoms with E-state index in [-0.39, 0.29) is 12.4 Å². The first kappa shape index (κ1) is 11.6. The van der Waals surface area contributed by atoms with Gasteiger partial charge in [-0.2, -0.15) is 0 Å². The van der Waals surface area contributed by atoms with E-state index in [0.717, 1.165) is 24.3 Å². The van der Waals surface area contributed by atoms with Gasteiger partial charge in [0.25, 0.3) is 0 Å². The molecule has 0 amide bonds. The second-order valence-electron chi connectivity index (χ2n) is 3.85. The molecule has 1 aliphatic carbocycles. The Labute approximate surface area is 91.5 Å². The summed E-state index contributed by atoms with van der Waals surface area (Å²) in [6.07, 6.45) is 5.77. The normalized spacial score (nSPS) is 24.4. The first-order valence-electron chi connectivity index (χ1n) is 5.16. The molecule has 1 heterocycles. The van der Waals surface area contributed by atoms with E-state index in [2.05, 4.69) is 12.2 Å². The molecule has 0 aliphatic heterocycles. The number of nitrogens with one attached hydrogen (secondary N) is 1. The molecular formula is C11H18ClNO. The van der Waals surface area contributed by atoms with Gasteiger partial charge in [-0.05, 0) is 30.9 Å². The molecule has 0 saturated heterocycles. The molecule has 2 nitrogen and oxygen atoms in total. The van der Waals surface area contributed by atoms with Crippen molar-refractivity contribution in [3.8, 4) is 0 Å². The van der Waals surface area contributed by atoms with Crippen LogP contribution in [0.3, 0.4) is 0 Å². The number of furan rings is 1. The lowest BCUT2D eigenvalue weighted by Gasteiger charge is -2.00. The van der Waals surface area contributed by atoms with Gasteiger partial charge in [0.15, 0.2) is 0 Å². The lowest BCUT2D eigenvalue weighted by atomic mass is 10.2. The van der Waals surface area contributed by atoms with Gasteiger partial charge >= 0.3 is 0 Å². The average molecular weight is 216 g/mol. The molecule has 1 saturated carbocycles. The summed E-state index contributed by atoms with van der Waals surface area (Å²) in [6.45, 7) is 3.14. The highest BCUT2D eigenvalue weighted by atomic mass is 35.5. The topological polar surface area (TPSA) is 25.2 Å². The minimum absolute atomic E-state index is 0. The van der Waals surface area contributed by atoms with Gasteiger partial charge in [-0.1, -0.05) is 13.3 Å². The van der Waals surface area contributed by atoms with E-state index in [9.17, 15) is 0 Å². The van der Waals surface area contributed by atoms with Crippen LogP contribution in [0, 0.1) is 5.92 Å². The molecule has 1 N–H and O–H groups in total. The minimum atomic E-state index is 0. The maximum absolute atomic E-state index is 5.24. The van der Waals surface area contributed by atoms with Crippen LogP contribution in [-0.2, 0) is 6.54 Å². The third-order valence-electron chi connectivity index (χ3n) is 2.70. The second kappa shape index (κ2) is 5.42. The Balaban J connectivity index is 0.000000980. The average Bonchev–Trinajstić information content (AvgIpc) is 2.66. The Morgan fingerprint density at radius 2 is 2.43 bits per heavy atom. The number of hydrogen-bond acceptors (Lipinski definition) is 2. The Bertz CT molecular complexity index is 248. The molecule has 2 atom stereocenters. The van der Waals surface area contributed by atoms with Crippen molar-refractivity contribution < 1.29 is 4.42 Å². The zero-order valence-electron chi connectivity index (χ0n) is 8.53. The van der Waals surface area contributed by atoms with Crippen molar-refractivity contribution in [3.05, 3.63) is 24.2 Å². The third kappa shape index (κ3) is 3.03. The van der Waals surface area contributed by atoms with Crippen LogP contribution in [0.4, 0.5) is 0 Å². The SMILES string of the molecule is CCCC1CC1NCc1ccco1.Cl. The summed E-state index contributed by atoms with van der Waals surface area (Å²) in [5.74, 6) is 1.97. The number of rotatable bonds is 5. The van der Waals surface area contributed by atoms with Crippen LogP contribution in [0.5, 0.6) is 0 Å². The number of halogens is 1. The molecule has 0 bridgehead atoms. The fourth-order valence-electron chi connectivity index (χ4n) is 1.83. The van der Waals surface area contributed by atoms with Crippen molar-refractivity contribution in [2.45, 2.75) is 38.8 Å². The Morgan fingerprint density at radius 3 is 3.07 bits per heavy atom. The van der Waals surface area contributed by atoms with E-state index in [4.69, 9.17) is 4.42 Å². The van der Waals surface area contributed by atoms with Crippen molar-refractivity contribution in [1.29, 1.82) is 0 Å². The van der Waals surface area contributed by atoms with E-state index in [1.54, 1.807) is 6.26 Å². The van der Waals surface area contributed by atoms with Gasteiger partial charge in [-0.3, -0.25) is 0 Å². The largest absolute Gasteiger partial charge is 0.468 e. The Hall–Kier alpha value is -0.470. The second-order valence-corrected chi connectivity index (χ2v) is 3.85. The van der Waals surface area contributed by atoms with Gasteiger partial charge in [0.1, 0.15) is 5.76 Å². The first-order valence-corrected chi connectivity index (χ1v) is 5.16. The highest BCUT2D eigenvalue weighted by Gasteiger charge is 2.35. The van der Waals surface area contributed by atoms with Gasteiger partial charge < -0.3 is 9.73 Å². The van der Waals surface area contributed by atoms with Crippen LogP contribution in [0.2, 0.25) is 0 Å². The molecule has 2 rings (SSSR count). The van der Waals surface area contributed by atoms with Gasteiger partial charge in [0.2, 0.25) is 0 Å². The van der Waals surface area contributed by atoms with Crippen molar-refractivity contribution >= 4 is 12.4 Å². The Morgan fingerprint density at radius 1 is 1.57 bits per heavy atom. The Kier molecular flexibility index (Phi) is 4.49. The molecule has 1 aromatic rings. The van der Waals surface area contributed by atoms with E-state index < -0.39 is 0 Å². The predicted molar refractivity (Wildman–Crippen MR) is 59.6 cm³/mol. The van der Waals surface area contributed by atoms with Crippen molar-refractivity contribution in [2.24, 2.45) is 5.92 Å². The van der Waals surface area contributed by atoms with E-state index in [1.807, 2.05) is 12.1 Å². The third-order valence-corrected chi connectivity index (χ3v) is 2.70. The molecule has 2 unspecified atom stereocenters. The van der Waals surface area contributed by atoms with Crippen LogP contribution in [-0.4, -0.2) is 6.04 Å². The summed E-state index contributed by atoms with van der Waals surface area (Å²) in [5.41, 5.74) is 0. The standard InChI is InChI=1S/C11H17NO.ClH/c1-2-4-9-7-11(9)12-8-10-5-3-6-13-10;/h3,5-6,9,11-12H,2,4,7-8H2,1H3;1H. The van der Waals surface area contributed by atoms with Gasteiger partial charge in [-0.25, -0.2) is 0 Å². The summed E-state index contributed by atoms with van der Waals surface area (Å²) in [6, 6.07) is 4.71. The molecule has 80 valence electrons. The fraction of sp³-hybridized carbons (Fsp3) is 0.636. The maximum Gasteiger partial charge on any atom is 0.117 e. The van der Waals surface area contributed by atoms with E-state index in [1.165, 1.54) is 19.3 Å². The molecule has 0 radical (unpaired) electrons. The number of hydrogen-bond donors (Lipinski definition) is 1. The molecule has 14 heavy (non-hydrogen) atoms. The lowest BCUT2D eigenvalue weighted by Crippen LogP contribution is -2.17. The molecule has 0 spiro atoms. The molecule has 1 aromatic heterocycles. The van der Waals surface area contributed by atoms with Gasteiger partial charge in [0, 0.05) is 6.04 Å². The smallest absolute Gasteiger partial charge is 0.117 e. The van der Waals surface area contributed by atoms with Crippen LogP contribution < -0.4 is 5.32 Å². The maximum atomic E-state index is 5.24. The van der Waals surface area contributed by atoms with E-state index in [0.29, 0.717) is 0 Å². The van der Waals surface area contributed by atoms with Crippen LogP contribution in [0.25, 0.3) is 0 Å². The summed E-state index contributed by atoms with van der Waals surface area (Å²) in [7, 11) is 0. The summed E-state index contributed by atoms with van der Waals surface area (Å²) < 4.78 is 5.24. The fourth-order valence-corrected chi connectivity index (χ4v) is 1.83. The zero-order valence-corrected chi connectivity index (χ0v) is 9.35. The van der Waals surface area contributed by atoms with E-state index >= 15 is 0 Å². The lowest BCUT2D eigenvalue weighted by molar-refractivity contribution is 0.474. The highest BCUT2D eigenvalue weighted by molar-refractivity contribution is 5.85. The minimum Gasteiger partial charge on any atom is -0.468 e. The van der Waals surface area contributed by atoms with Gasteiger partial charge in [0.05, 0.1) is 12.8 Å². The zero-order chi connectivity index (χ0) is 9.10. The summed E-state index contributed by atoms with van der Waals surface area (Å²) >= 11 is 0. The predicted octanol–water partition coefficient (Wildman–Crippen LogP) is 2.98. The highest BCUT2D eigenvalue weighted by Crippen LogP contribution is 2.34. The van der Waals surface area contributed by atoms with Gasteiger partial charge in [-0.15, -0.1) is 12.4 Å². The van der Waals surface area contributed by atoms with Crippen LogP contribution in [0.1, 0.15) is 31.9 Å². The molecular weight excluding hydrogens is 198 g/mol. The van der Waals surface area contributed by atoms with Crippen molar-refractivity contribution in [2.75, 3.05) is 0 Å². The summed E-state index contributed by atoms with van der Waals surface area (Å²) in [5, 5.41) is 3.50. The molecule has 0 aromatic carbocycles. The molecule has 1 fully saturated rings. The van der Waals surface area contributed by atoms with Crippen molar-refractivity contribution in [1.82, 2.24) is 5.32 Å². The monoisotopic (exact) mass is 215 g/mol. The quantitative estimate of drug-likeness (QED) is 0.817. The first-order chi connectivity index (χ1) is 6.40. The molecule has 3 heteroatoms. The van der Waals surface area contributed by atoms with Crippen LogP contribution >= 0.6 is 12.4 Å². The molecule has 1 aliphatic rings. The van der Waals surface area contributed by atoms with Crippen LogP contribution in [0.15, 0.2) is 22.8 Å².